The van der Waals surface area contributed by atoms with E-state index in [0.29, 0.717) is 18.4 Å². The predicted octanol–water partition coefficient (Wildman–Crippen LogP) is 5.41. The molecule has 1 aliphatic carbocycles. The van der Waals surface area contributed by atoms with E-state index in [2.05, 4.69) is 19.1 Å². The number of nitrogens with zero attached hydrogens (tertiary/aromatic N) is 1. The molecule has 6 rings (SSSR count). The van der Waals surface area contributed by atoms with E-state index in [1.54, 1.807) is 0 Å². The third kappa shape index (κ3) is 5.05. The minimum atomic E-state index is -0.891. The van der Waals surface area contributed by atoms with Crippen molar-refractivity contribution in [3.8, 4) is 5.75 Å². The highest BCUT2D eigenvalue weighted by molar-refractivity contribution is 5.24. The largest absolute Gasteiger partial charge is 0.493 e. The predicted molar refractivity (Wildman–Crippen MR) is 136 cm³/mol. The molecule has 2 aromatic carbocycles. The molecule has 2 aromatic rings. The van der Waals surface area contributed by atoms with Crippen LogP contribution in [0.3, 0.4) is 0 Å². The number of hydrogen-bond acceptors (Lipinski definition) is 3. The van der Waals surface area contributed by atoms with Gasteiger partial charge in [-0.1, -0.05) is 68.3 Å². The van der Waals surface area contributed by atoms with E-state index in [-0.39, 0.29) is 12.0 Å². The van der Waals surface area contributed by atoms with Gasteiger partial charge >= 0.3 is 0 Å². The zero-order valence-corrected chi connectivity index (χ0v) is 20.8. The number of benzene rings is 2. The lowest BCUT2D eigenvalue weighted by molar-refractivity contribution is -0.946. The number of fused-ring (bicyclic) bond motifs is 3. The van der Waals surface area contributed by atoms with Crippen molar-refractivity contribution in [3.05, 3.63) is 66.2 Å². The number of aliphatic hydroxyl groups is 1. The summed E-state index contributed by atoms with van der Waals surface area (Å²) in [5, 5.41) is 12.1. The van der Waals surface area contributed by atoms with Crippen LogP contribution < -0.4 is 4.74 Å². The summed E-state index contributed by atoms with van der Waals surface area (Å²) in [5.41, 5.74) is 0.134. The second-order valence-corrected chi connectivity index (χ2v) is 11.2. The van der Waals surface area contributed by atoms with Gasteiger partial charge in [0.05, 0.1) is 32.8 Å². The molecule has 4 nitrogen and oxygen atoms in total. The van der Waals surface area contributed by atoms with Gasteiger partial charge in [-0.15, -0.1) is 0 Å². The second-order valence-electron chi connectivity index (χ2n) is 11.2. The fourth-order valence-corrected chi connectivity index (χ4v) is 7.05. The van der Waals surface area contributed by atoms with Gasteiger partial charge in [-0.2, -0.15) is 0 Å². The lowest BCUT2D eigenvalue weighted by Gasteiger charge is -2.53. The molecule has 3 saturated heterocycles. The summed E-state index contributed by atoms with van der Waals surface area (Å²) in [6.07, 6.45) is 7.31. The van der Waals surface area contributed by atoms with Crippen molar-refractivity contribution in [2.45, 2.75) is 57.2 Å². The molecule has 3 aliphatic heterocycles. The van der Waals surface area contributed by atoms with Gasteiger partial charge in [0.2, 0.25) is 0 Å². The van der Waals surface area contributed by atoms with Crippen molar-refractivity contribution < 1.29 is 19.1 Å². The van der Waals surface area contributed by atoms with Gasteiger partial charge < -0.3 is 19.1 Å². The zero-order valence-electron chi connectivity index (χ0n) is 20.8. The first-order valence-electron chi connectivity index (χ1n) is 13.5. The zero-order chi connectivity index (χ0) is 23.4. The van der Waals surface area contributed by atoms with Crippen LogP contribution in [0.1, 0.15) is 51.0 Å². The molecule has 2 bridgehead atoms. The summed E-state index contributed by atoms with van der Waals surface area (Å²) in [4.78, 5) is 0. The Labute approximate surface area is 205 Å². The number of piperidine rings is 3. The van der Waals surface area contributed by atoms with Crippen molar-refractivity contribution in [1.82, 2.24) is 0 Å². The lowest BCUT2D eigenvalue weighted by atomic mass is 9.76. The number of para-hydroxylation sites is 1. The van der Waals surface area contributed by atoms with Crippen molar-refractivity contribution >= 4 is 0 Å². The average Bonchev–Trinajstić information content (AvgIpc) is 3.33. The quantitative estimate of drug-likeness (QED) is 0.378. The van der Waals surface area contributed by atoms with Crippen LogP contribution in [0.2, 0.25) is 0 Å². The fraction of sp³-hybridized carbons (Fsp3) is 0.600. The Morgan fingerprint density at radius 1 is 0.941 bits per heavy atom. The summed E-state index contributed by atoms with van der Waals surface area (Å²) in [5.74, 6) is 2.40. The van der Waals surface area contributed by atoms with Crippen LogP contribution in [0.25, 0.3) is 0 Å². The average molecular weight is 465 g/mol. The van der Waals surface area contributed by atoms with E-state index in [4.69, 9.17) is 9.47 Å². The summed E-state index contributed by atoms with van der Waals surface area (Å²) >= 11 is 0. The molecule has 1 saturated carbocycles. The van der Waals surface area contributed by atoms with Crippen molar-refractivity contribution in [2.75, 3.05) is 39.4 Å². The van der Waals surface area contributed by atoms with E-state index in [1.165, 1.54) is 38.8 Å². The topological polar surface area (TPSA) is 38.7 Å². The third-order valence-corrected chi connectivity index (χ3v) is 9.10. The second kappa shape index (κ2) is 10.4. The van der Waals surface area contributed by atoms with Gasteiger partial charge in [-0.3, -0.25) is 0 Å². The Morgan fingerprint density at radius 3 is 2.32 bits per heavy atom. The van der Waals surface area contributed by atoms with Crippen LogP contribution in [0.15, 0.2) is 60.7 Å². The SMILES string of the molecule is CC1CCCC1C(O)(COC1C[N+]2(CCCOc3ccccc3)CCC1CC2)c1ccccc1. The molecule has 4 heteroatoms. The van der Waals surface area contributed by atoms with E-state index < -0.39 is 5.60 Å². The summed E-state index contributed by atoms with van der Waals surface area (Å²) in [7, 11) is 0. The molecule has 0 spiro atoms. The highest BCUT2D eigenvalue weighted by atomic mass is 16.5. The molecule has 0 amide bonds. The highest BCUT2D eigenvalue weighted by Gasteiger charge is 2.49. The fourth-order valence-electron chi connectivity index (χ4n) is 7.05. The molecule has 4 unspecified atom stereocenters. The van der Waals surface area contributed by atoms with Crippen LogP contribution in [0.5, 0.6) is 5.75 Å². The minimum Gasteiger partial charge on any atom is -0.493 e. The van der Waals surface area contributed by atoms with Gasteiger partial charge in [0.25, 0.3) is 0 Å². The smallest absolute Gasteiger partial charge is 0.119 e. The molecular weight excluding hydrogens is 422 g/mol. The number of hydrogen-bond donors (Lipinski definition) is 1. The first-order valence-corrected chi connectivity index (χ1v) is 13.5. The molecule has 1 N–H and O–H groups in total. The maximum atomic E-state index is 12.1. The van der Waals surface area contributed by atoms with Crippen LogP contribution in [0.4, 0.5) is 0 Å². The Bertz CT molecular complexity index is 896. The lowest BCUT2D eigenvalue weighted by Crippen LogP contribution is -2.65. The summed E-state index contributed by atoms with van der Waals surface area (Å²) in [6, 6.07) is 20.4. The first-order chi connectivity index (χ1) is 16.6. The van der Waals surface area contributed by atoms with Gasteiger partial charge in [-0.25, -0.2) is 0 Å². The maximum Gasteiger partial charge on any atom is 0.119 e. The van der Waals surface area contributed by atoms with E-state index in [1.807, 2.05) is 48.5 Å². The Balaban J connectivity index is 1.21. The summed E-state index contributed by atoms with van der Waals surface area (Å²) in [6.45, 7) is 8.26. The molecular formula is C30H42NO3+. The van der Waals surface area contributed by atoms with E-state index in [0.717, 1.165) is 48.3 Å². The normalized spacial score (nSPS) is 32.4. The van der Waals surface area contributed by atoms with Crippen LogP contribution >= 0.6 is 0 Å². The van der Waals surface area contributed by atoms with Crippen molar-refractivity contribution in [2.24, 2.45) is 17.8 Å². The van der Waals surface area contributed by atoms with Crippen LogP contribution in [-0.2, 0) is 10.3 Å². The summed E-state index contributed by atoms with van der Waals surface area (Å²) < 4.78 is 13.8. The third-order valence-electron chi connectivity index (χ3n) is 9.10. The molecule has 4 aliphatic rings. The Hall–Kier alpha value is -1.88. The van der Waals surface area contributed by atoms with Gasteiger partial charge in [-0.05, 0) is 36.0 Å². The van der Waals surface area contributed by atoms with Crippen molar-refractivity contribution in [1.29, 1.82) is 0 Å². The minimum absolute atomic E-state index is 0.254. The standard InChI is InChI=1S/C30H42NO3/c1-24-10-8-15-28(24)30(32,26-11-4-2-5-12-26)23-34-29-22-31(19-16-25(29)17-20-31)18-9-21-33-27-13-6-3-7-14-27/h2-7,11-14,24-25,28-29,32H,8-10,15-23H2,1H3/q+1. The van der Waals surface area contributed by atoms with E-state index >= 15 is 0 Å². The van der Waals surface area contributed by atoms with Crippen LogP contribution in [0, 0.1) is 17.8 Å². The van der Waals surface area contributed by atoms with E-state index in [9.17, 15) is 5.11 Å². The number of rotatable bonds is 10. The molecule has 3 heterocycles. The molecule has 0 radical (unpaired) electrons. The maximum absolute atomic E-state index is 12.1. The molecule has 4 fully saturated rings. The van der Waals surface area contributed by atoms with Gasteiger partial charge in [0, 0.05) is 25.2 Å². The Morgan fingerprint density at radius 2 is 1.65 bits per heavy atom. The van der Waals surface area contributed by atoms with Gasteiger partial charge in [0.15, 0.2) is 0 Å². The first kappa shape index (κ1) is 23.8. The molecule has 4 atom stereocenters. The monoisotopic (exact) mass is 464 g/mol. The van der Waals surface area contributed by atoms with Crippen LogP contribution in [-0.4, -0.2) is 55.1 Å². The molecule has 184 valence electrons. The highest BCUT2D eigenvalue weighted by Crippen LogP contribution is 2.45. The van der Waals surface area contributed by atoms with Gasteiger partial charge in [0.1, 0.15) is 24.0 Å². The van der Waals surface area contributed by atoms with Crippen molar-refractivity contribution in [3.63, 3.8) is 0 Å². The number of quaternary nitrogens is 1. The molecule has 34 heavy (non-hydrogen) atoms. The number of ether oxygens (including phenoxy) is 2. The molecule has 0 aromatic heterocycles. The Kier molecular flexibility index (Phi) is 7.29.